The second-order valence-electron chi connectivity index (χ2n) is 6.93. The number of guanidine groups is 1. The summed E-state index contributed by atoms with van der Waals surface area (Å²) < 4.78 is 2.01. The van der Waals surface area contributed by atoms with E-state index in [2.05, 4.69) is 17.2 Å². The summed E-state index contributed by atoms with van der Waals surface area (Å²) >= 11 is 6.04. The zero-order chi connectivity index (χ0) is 18.4. The molecule has 1 aromatic rings. The molecule has 1 fully saturated rings. The van der Waals surface area contributed by atoms with Crippen LogP contribution in [-0.2, 0) is 18.4 Å². The number of aliphatic imine (C=N–C) groups is 1. The lowest BCUT2D eigenvalue weighted by atomic mass is 10.00. The van der Waals surface area contributed by atoms with Crippen LogP contribution in [0.25, 0.3) is 0 Å². The van der Waals surface area contributed by atoms with Gasteiger partial charge in [-0.05, 0) is 24.8 Å². The predicted octanol–water partition coefficient (Wildman–Crippen LogP) is 2.33. The topological polar surface area (TPSA) is 52.9 Å². The van der Waals surface area contributed by atoms with Gasteiger partial charge in [0.1, 0.15) is 0 Å². The molecule has 1 unspecified atom stereocenters. The van der Waals surface area contributed by atoms with Crippen LogP contribution in [0.2, 0.25) is 5.02 Å². The average Bonchev–Trinajstić information content (AvgIpc) is 2.88. The van der Waals surface area contributed by atoms with Crippen molar-refractivity contribution in [1.82, 2.24) is 19.7 Å². The van der Waals surface area contributed by atoms with Gasteiger partial charge < -0.3 is 19.7 Å². The highest BCUT2D eigenvalue weighted by molar-refractivity contribution is 6.30. The van der Waals surface area contributed by atoms with Gasteiger partial charge in [-0.1, -0.05) is 18.5 Å². The number of hydrogen-bond acceptors (Lipinski definition) is 2. The minimum absolute atomic E-state index is 0.228. The van der Waals surface area contributed by atoms with Gasteiger partial charge in [0, 0.05) is 59.1 Å². The Morgan fingerprint density at radius 2 is 2.28 bits per heavy atom. The normalized spacial score (nSPS) is 18.4. The van der Waals surface area contributed by atoms with Crippen molar-refractivity contribution in [3.8, 4) is 0 Å². The molecule has 1 saturated heterocycles. The van der Waals surface area contributed by atoms with Crippen molar-refractivity contribution in [1.29, 1.82) is 0 Å². The van der Waals surface area contributed by atoms with E-state index in [-0.39, 0.29) is 5.91 Å². The molecule has 6 nitrogen and oxygen atoms in total. The third kappa shape index (κ3) is 5.66. The number of aromatic nitrogens is 1. The maximum absolute atomic E-state index is 12.3. The Morgan fingerprint density at radius 1 is 1.52 bits per heavy atom. The summed E-state index contributed by atoms with van der Waals surface area (Å²) in [7, 11) is 5.71. The van der Waals surface area contributed by atoms with Crippen molar-refractivity contribution >= 4 is 23.5 Å². The van der Waals surface area contributed by atoms with Crippen LogP contribution in [0, 0.1) is 5.92 Å². The van der Waals surface area contributed by atoms with E-state index < -0.39 is 0 Å². The lowest BCUT2D eigenvalue weighted by Crippen LogP contribution is -2.43. The first-order valence-corrected chi connectivity index (χ1v) is 9.28. The number of nitrogens with zero attached hydrogens (tertiary/aromatic N) is 4. The van der Waals surface area contributed by atoms with E-state index in [1.54, 1.807) is 7.05 Å². The van der Waals surface area contributed by atoms with Gasteiger partial charge in [-0.3, -0.25) is 9.79 Å². The first-order chi connectivity index (χ1) is 11.9. The zero-order valence-corrected chi connectivity index (χ0v) is 16.5. The highest BCUT2D eigenvalue weighted by Crippen LogP contribution is 2.16. The number of aryl methyl sites for hydroxylation is 1. The monoisotopic (exact) mass is 367 g/mol. The molecule has 1 N–H and O–H groups in total. The molecule has 2 rings (SSSR count). The Labute approximate surface area is 155 Å². The molecule has 1 amide bonds. The molecule has 1 aliphatic heterocycles. The van der Waals surface area contributed by atoms with Crippen LogP contribution in [-0.4, -0.2) is 60.0 Å². The van der Waals surface area contributed by atoms with Crippen molar-refractivity contribution < 1.29 is 4.79 Å². The van der Waals surface area contributed by atoms with E-state index in [1.165, 1.54) is 6.42 Å². The fourth-order valence-electron chi connectivity index (χ4n) is 3.28. The van der Waals surface area contributed by atoms with Crippen molar-refractivity contribution in [3.05, 3.63) is 23.0 Å². The van der Waals surface area contributed by atoms with Gasteiger partial charge in [0.05, 0.1) is 11.6 Å². The van der Waals surface area contributed by atoms with Gasteiger partial charge in [0.25, 0.3) is 0 Å². The number of nitrogens with one attached hydrogen (secondary N) is 1. The lowest BCUT2D eigenvalue weighted by molar-refractivity contribution is -0.132. The standard InChI is InChI=1S/C18H30ClN5O/c1-14-6-5-9-24(11-14)17(25)7-8-21-18(20-2)23(4)13-16-10-15(19)12-22(16)3/h10,12,14H,5-9,11,13H2,1-4H3,(H,20,21). The largest absolute Gasteiger partial charge is 0.356 e. The van der Waals surface area contributed by atoms with Crippen molar-refractivity contribution in [2.24, 2.45) is 18.0 Å². The number of piperidine rings is 1. The van der Waals surface area contributed by atoms with E-state index in [0.29, 0.717) is 25.4 Å². The first kappa shape index (κ1) is 19.6. The smallest absolute Gasteiger partial charge is 0.224 e. The molecule has 0 spiro atoms. The van der Waals surface area contributed by atoms with Crippen LogP contribution < -0.4 is 5.32 Å². The van der Waals surface area contributed by atoms with Gasteiger partial charge in [0.2, 0.25) is 5.91 Å². The summed E-state index contributed by atoms with van der Waals surface area (Å²) in [5.41, 5.74) is 1.11. The molecule has 7 heteroatoms. The average molecular weight is 368 g/mol. The summed E-state index contributed by atoms with van der Waals surface area (Å²) in [6, 6.07) is 1.95. The summed E-state index contributed by atoms with van der Waals surface area (Å²) in [4.78, 5) is 20.7. The summed E-state index contributed by atoms with van der Waals surface area (Å²) in [6.07, 6.45) is 4.72. The van der Waals surface area contributed by atoms with E-state index in [0.717, 1.165) is 36.2 Å². The maximum Gasteiger partial charge on any atom is 0.224 e. The van der Waals surface area contributed by atoms with Gasteiger partial charge >= 0.3 is 0 Å². The lowest BCUT2D eigenvalue weighted by Gasteiger charge is -2.31. The van der Waals surface area contributed by atoms with E-state index in [4.69, 9.17) is 11.6 Å². The SMILES string of the molecule is CN=C(NCCC(=O)N1CCCC(C)C1)N(C)Cc1cc(Cl)cn1C. The first-order valence-electron chi connectivity index (χ1n) is 8.91. The number of halogens is 1. The second-order valence-corrected chi connectivity index (χ2v) is 7.36. The molecule has 0 saturated carbocycles. The minimum atomic E-state index is 0.228. The van der Waals surface area contributed by atoms with Crippen LogP contribution in [0.3, 0.4) is 0 Å². The highest BCUT2D eigenvalue weighted by atomic mass is 35.5. The highest BCUT2D eigenvalue weighted by Gasteiger charge is 2.20. The Balaban J connectivity index is 1.79. The summed E-state index contributed by atoms with van der Waals surface area (Å²) in [6.45, 7) is 5.28. The quantitative estimate of drug-likeness (QED) is 0.642. The number of carbonyl (C=O) groups excluding carboxylic acids is 1. The van der Waals surface area contributed by atoms with Gasteiger partial charge in [-0.25, -0.2) is 0 Å². The molecule has 0 aliphatic carbocycles. The third-order valence-electron chi connectivity index (χ3n) is 4.68. The zero-order valence-electron chi connectivity index (χ0n) is 15.8. The molecule has 1 aromatic heterocycles. The van der Waals surface area contributed by atoms with Crippen LogP contribution in [0.1, 0.15) is 31.9 Å². The molecular weight excluding hydrogens is 338 g/mol. The number of likely N-dealkylation sites (tertiary alicyclic amines) is 1. The van der Waals surface area contributed by atoms with E-state index >= 15 is 0 Å². The maximum atomic E-state index is 12.3. The van der Waals surface area contributed by atoms with Crippen LogP contribution in [0.4, 0.5) is 0 Å². The Hall–Kier alpha value is -1.69. The molecule has 0 radical (unpaired) electrons. The van der Waals surface area contributed by atoms with E-state index in [9.17, 15) is 4.79 Å². The van der Waals surface area contributed by atoms with Gasteiger partial charge in [0.15, 0.2) is 5.96 Å². The second kappa shape index (κ2) is 9.13. The van der Waals surface area contributed by atoms with E-state index in [1.807, 2.05) is 40.7 Å². The molecule has 0 bridgehead atoms. The fraction of sp³-hybridized carbons (Fsp3) is 0.667. The number of amides is 1. The molecule has 2 heterocycles. The molecule has 1 aliphatic rings. The van der Waals surface area contributed by atoms with Crippen molar-refractivity contribution in [2.75, 3.05) is 33.7 Å². The van der Waals surface area contributed by atoms with Crippen LogP contribution >= 0.6 is 11.6 Å². The molecular formula is C18H30ClN5O. The summed E-state index contributed by atoms with van der Waals surface area (Å²) in [5.74, 6) is 1.62. The Morgan fingerprint density at radius 3 is 2.88 bits per heavy atom. The van der Waals surface area contributed by atoms with Gasteiger partial charge in [-0.15, -0.1) is 0 Å². The molecule has 140 valence electrons. The number of rotatable bonds is 5. The number of carbonyl (C=O) groups is 1. The number of hydrogen-bond donors (Lipinski definition) is 1. The van der Waals surface area contributed by atoms with Crippen molar-refractivity contribution in [2.45, 2.75) is 32.7 Å². The van der Waals surface area contributed by atoms with Gasteiger partial charge in [-0.2, -0.15) is 0 Å². The van der Waals surface area contributed by atoms with Crippen LogP contribution in [0.5, 0.6) is 0 Å². The van der Waals surface area contributed by atoms with Crippen LogP contribution in [0.15, 0.2) is 17.3 Å². The Kier molecular flexibility index (Phi) is 7.17. The molecule has 25 heavy (non-hydrogen) atoms. The molecule has 1 atom stereocenters. The summed E-state index contributed by atoms with van der Waals surface area (Å²) in [5, 5.41) is 4.01. The minimum Gasteiger partial charge on any atom is -0.356 e. The van der Waals surface area contributed by atoms with Crippen molar-refractivity contribution in [3.63, 3.8) is 0 Å². The molecule has 0 aromatic carbocycles. The third-order valence-corrected chi connectivity index (χ3v) is 4.89. The fourth-order valence-corrected chi connectivity index (χ4v) is 3.55. The Bertz CT molecular complexity index is 613. The predicted molar refractivity (Wildman–Crippen MR) is 103 cm³/mol.